The highest BCUT2D eigenvalue weighted by molar-refractivity contribution is 6.00. The molecule has 0 atom stereocenters. The molecule has 2 heterocycles. The van der Waals surface area contributed by atoms with Crippen LogP contribution in [0, 0.1) is 11.8 Å². The van der Waals surface area contributed by atoms with Gasteiger partial charge in [-0.1, -0.05) is 11.8 Å². The molecular formula is C23H21N5O3. The van der Waals surface area contributed by atoms with Gasteiger partial charge in [0.05, 0.1) is 38.6 Å². The lowest BCUT2D eigenvalue weighted by Crippen LogP contribution is -2.12. The Kier molecular flexibility index (Phi) is 5.69. The van der Waals surface area contributed by atoms with E-state index < -0.39 is 0 Å². The van der Waals surface area contributed by atoms with Crippen LogP contribution in [0.4, 0.5) is 17.3 Å². The number of hydrogen-bond acceptors (Lipinski definition) is 7. The van der Waals surface area contributed by atoms with Crippen molar-refractivity contribution in [2.75, 3.05) is 31.4 Å². The number of methoxy groups -OCH3 is 2. The van der Waals surface area contributed by atoms with Crippen LogP contribution in [-0.2, 0) is 11.2 Å². The van der Waals surface area contributed by atoms with Crippen molar-refractivity contribution in [2.45, 2.75) is 6.42 Å². The molecule has 0 saturated heterocycles. The standard InChI is InChI=1S/C23H21N5O3/c1-30-19-8-6-16(12-20(19)31-2)26-23-25-13-15-11-21(29)27-18-7-5-14(4-3-9-24)10-17(18)22(15)28-23/h5-8,10,12-13H,9,11,24H2,1-2H3,(H,27,29)(H,25,26,28). The molecule has 4 rings (SSSR count). The van der Waals surface area contributed by atoms with E-state index in [1.165, 1.54) is 0 Å². The number of carbonyl (C=O) groups is 1. The van der Waals surface area contributed by atoms with Crippen LogP contribution < -0.4 is 25.8 Å². The van der Waals surface area contributed by atoms with Crippen molar-refractivity contribution in [3.05, 3.63) is 53.7 Å². The SMILES string of the molecule is COc1ccc(Nc2ncc3c(n2)-c2cc(C#CCN)ccc2NC(=O)C3)cc1OC. The average Bonchev–Trinajstić information content (AvgIpc) is 2.92. The fourth-order valence-corrected chi connectivity index (χ4v) is 3.32. The van der Waals surface area contributed by atoms with Crippen molar-refractivity contribution < 1.29 is 14.3 Å². The molecule has 0 saturated carbocycles. The van der Waals surface area contributed by atoms with Gasteiger partial charge in [0.15, 0.2) is 11.5 Å². The monoisotopic (exact) mass is 415 g/mol. The third kappa shape index (κ3) is 4.27. The Morgan fingerprint density at radius 3 is 2.77 bits per heavy atom. The van der Waals surface area contributed by atoms with Crippen molar-refractivity contribution in [2.24, 2.45) is 5.73 Å². The quantitative estimate of drug-likeness (QED) is 0.562. The molecule has 0 radical (unpaired) electrons. The number of nitrogens with two attached hydrogens (primary N) is 1. The van der Waals surface area contributed by atoms with E-state index in [0.717, 1.165) is 22.4 Å². The number of fused-ring (bicyclic) bond motifs is 3. The van der Waals surface area contributed by atoms with Gasteiger partial charge in [-0.2, -0.15) is 0 Å². The predicted octanol–water partition coefficient (Wildman–Crippen LogP) is 2.71. The third-order valence-corrected chi connectivity index (χ3v) is 4.74. The minimum atomic E-state index is -0.120. The van der Waals surface area contributed by atoms with Gasteiger partial charge in [0.1, 0.15) is 0 Å². The summed E-state index contributed by atoms with van der Waals surface area (Å²) in [7, 11) is 3.16. The molecule has 4 N–H and O–H groups in total. The van der Waals surface area contributed by atoms with E-state index in [9.17, 15) is 4.79 Å². The van der Waals surface area contributed by atoms with Crippen molar-refractivity contribution >= 4 is 23.2 Å². The second-order valence-corrected chi connectivity index (χ2v) is 6.75. The Labute approximate surface area is 179 Å². The largest absolute Gasteiger partial charge is 0.493 e. The molecule has 0 bridgehead atoms. The fraction of sp³-hybridized carbons (Fsp3) is 0.174. The summed E-state index contributed by atoms with van der Waals surface area (Å²) < 4.78 is 10.6. The van der Waals surface area contributed by atoms with Crippen LogP contribution in [-0.4, -0.2) is 36.6 Å². The topological polar surface area (TPSA) is 111 Å². The summed E-state index contributed by atoms with van der Waals surface area (Å²) in [5.41, 5.74) is 9.88. The Bertz CT molecular complexity index is 1210. The number of nitrogens with one attached hydrogen (secondary N) is 2. The smallest absolute Gasteiger partial charge is 0.228 e. The second-order valence-electron chi connectivity index (χ2n) is 6.75. The lowest BCUT2D eigenvalue weighted by atomic mass is 10.0. The molecule has 2 aromatic carbocycles. The van der Waals surface area contributed by atoms with E-state index in [1.54, 1.807) is 32.5 Å². The summed E-state index contributed by atoms with van der Waals surface area (Å²) in [5.74, 6) is 7.36. The van der Waals surface area contributed by atoms with Gasteiger partial charge >= 0.3 is 0 Å². The van der Waals surface area contributed by atoms with E-state index in [1.807, 2.05) is 24.3 Å². The molecule has 0 spiro atoms. The van der Waals surface area contributed by atoms with Gasteiger partial charge in [-0.15, -0.1) is 0 Å². The number of aromatic nitrogens is 2. The van der Waals surface area contributed by atoms with Crippen LogP contribution in [0.15, 0.2) is 42.6 Å². The first kappa shape index (κ1) is 20.2. The van der Waals surface area contributed by atoms with Crippen molar-refractivity contribution in [3.8, 4) is 34.6 Å². The zero-order valence-corrected chi connectivity index (χ0v) is 17.2. The zero-order valence-electron chi connectivity index (χ0n) is 17.2. The van der Waals surface area contributed by atoms with Crippen LogP contribution in [0.25, 0.3) is 11.3 Å². The first-order valence-electron chi connectivity index (χ1n) is 9.59. The van der Waals surface area contributed by atoms with E-state index in [-0.39, 0.29) is 18.9 Å². The molecular weight excluding hydrogens is 394 g/mol. The highest BCUT2D eigenvalue weighted by atomic mass is 16.5. The Morgan fingerprint density at radius 1 is 1.16 bits per heavy atom. The van der Waals surface area contributed by atoms with Crippen molar-refractivity contribution in [1.29, 1.82) is 0 Å². The molecule has 3 aromatic rings. The normalized spacial score (nSPS) is 11.8. The number of hydrogen-bond donors (Lipinski definition) is 3. The zero-order chi connectivity index (χ0) is 21.8. The van der Waals surface area contributed by atoms with Crippen LogP contribution in [0.1, 0.15) is 11.1 Å². The van der Waals surface area contributed by atoms with Gasteiger partial charge in [-0.05, 0) is 30.3 Å². The lowest BCUT2D eigenvalue weighted by molar-refractivity contribution is -0.115. The van der Waals surface area contributed by atoms with Gasteiger partial charge in [0.25, 0.3) is 0 Å². The molecule has 0 unspecified atom stereocenters. The van der Waals surface area contributed by atoms with Gasteiger partial charge in [-0.25, -0.2) is 9.97 Å². The molecule has 8 heteroatoms. The van der Waals surface area contributed by atoms with Crippen LogP contribution in [0.3, 0.4) is 0 Å². The molecule has 8 nitrogen and oxygen atoms in total. The molecule has 1 amide bonds. The Morgan fingerprint density at radius 2 is 2.00 bits per heavy atom. The average molecular weight is 415 g/mol. The first-order chi connectivity index (χ1) is 15.1. The summed E-state index contributed by atoms with van der Waals surface area (Å²) in [6.45, 7) is 0.270. The van der Waals surface area contributed by atoms with Gasteiger partial charge in [-0.3, -0.25) is 4.79 Å². The summed E-state index contributed by atoms with van der Waals surface area (Å²) in [6.07, 6.45) is 1.85. The molecule has 0 fully saturated rings. The van der Waals surface area contributed by atoms with E-state index in [4.69, 9.17) is 20.2 Å². The van der Waals surface area contributed by atoms with E-state index in [2.05, 4.69) is 27.5 Å². The molecule has 31 heavy (non-hydrogen) atoms. The number of benzene rings is 2. The number of amides is 1. The molecule has 156 valence electrons. The van der Waals surface area contributed by atoms with E-state index >= 15 is 0 Å². The third-order valence-electron chi connectivity index (χ3n) is 4.74. The van der Waals surface area contributed by atoms with Gasteiger partial charge in [0, 0.05) is 34.6 Å². The van der Waals surface area contributed by atoms with Crippen molar-refractivity contribution in [1.82, 2.24) is 9.97 Å². The number of anilines is 3. The summed E-state index contributed by atoms with van der Waals surface area (Å²) in [4.78, 5) is 21.4. The number of ether oxygens (including phenoxy) is 2. The molecule has 0 aliphatic carbocycles. The van der Waals surface area contributed by atoms with Crippen LogP contribution in [0.5, 0.6) is 11.5 Å². The highest BCUT2D eigenvalue weighted by Crippen LogP contribution is 2.35. The van der Waals surface area contributed by atoms with E-state index in [0.29, 0.717) is 28.8 Å². The van der Waals surface area contributed by atoms with Crippen LogP contribution in [0.2, 0.25) is 0 Å². The summed E-state index contributed by atoms with van der Waals surface area (Å²) in [5, 5.41) is 6.10. The molecule has 1 aliphatic heterocycles. The minimum Gasteiger partial charge on any atom is -0.493 e. The highest BCUT2D eigenvalue weighted by Gasteiger charge is 2.21. The fourth-order valence-electron chi connectivity index (χ4n) is 3.32. The maximum absolute atomic E-state index is 12.3. The maximum Gasteiger partial charge on any atom is 0.228 e. The van der Waals surface area contributed by atoms with Crippen molar-refractivity contribution in [3.63, 3.8) is 0 Å². The number of nitrogens with zero attached hydrogens (tertiary/aromatic N) is 2. The Hall–Kier alpha value is -4.09. The maximum atomic E-state index is 12.3. The first-order valence-corrected chi connectivity index (χ1v) is 9.59. The van der Waals surface area contributed by atoms with Gasteiger partial charge in [0.2, 0.25) is 11.9 Å². The number of rotatable bonds is 4. The minimum absolute atomic E-state index is 0.120. The summed E-state index contributed by atoms with van der Waals surface area (Å²) in [6, 6.07) is 11.0. The lowest BCUT2D eigenvalue weighted by Gasteiger charge is -2.12. The predicted molar refractivity (Wildman–Crippen MR) is 119 cm³/mol. The van der Waals surface area contributed by atoms with Crippen LogP contribution >= 0.6 is 0 Å². The molecule has 1 aliphatic rings. The number of carbonyl (C=O) groups excluding carboxylic acids is 1. The van der Waals surface area contributed by atoms with Gasteiger partial charge < -0.3 is 25.8 Å². The molecule has 1 aromatic heterocycles. The second kappa shape index (κ2) is 8.73. The summed E-state index contributed by atoms with van der Waals surface area (Å²) >= 11 is 0. The Balaban J connectivity index is 1.75.